The van der Waals surface area contributed by atoms with Crippen molar-refractivity contribution in [1.29, 1.82) is 0 Å². The number of hydrogen-bond donors (Lipinski definition) is 1. The van der Waals surface area contributed by atoms with Crippen LogP contribution in [0.1, 0.15) is 32.3 Å². The summed E-state index contributed by atoms with van der Waals surface area (Å²) in [6, 6.07) is 20.6. The number of methoxy groups -OCH3 is 1. The minimum atomic E-state index is -4.13. The van der Waals surface area contributed by atoms with Crippen LogP contribution in [0, 0.1) is 0 Å². The van der Waals surface area contributed by atoms with E-state index in [4.69, 9.17) is 16.3 Å². The summed E-state index contributed by atoms with van der Waals surface area (Å²) >= 11 is 6.41. The first-order chi connectivity index (χ1) is 18.7. The number of carbonyl (C=O) groups excluding carboxylic acids is 2. The van der Waals surface area contributed by atoms with Crippen LogP contribution in [0.15, 0.2) is 83.8 Å². The predicted octanol–water partition coefficient (Wildman–Crippen LogP) is 4.88. The fourth-order valence-corrected chi connectivity index (χ4v) is 5.72. The lowest BCUT2D eigenvalue weighted by molar-refractivity contribution is -0.140. The molecule has 3 rings (SSSR count). The molecule has 1 atom stereocenters. The van der Waals surface area contributed by atoms with Crippen molar-refractivity contribution < 1.29 is 22.7 Å². The van der Waals surface area contributed by atoms with E-state index in [-0.39, 0.29) is 23.0 Å². The Bertz CT molecular complexity index is 1350. The molecule has 0 saturated heterocycles. The SMILES string of the molecule is CCCNC(=O)[C@H](CC)N(Cc1ccccc1Cl)C(=O)CN(c1ccc(OC)cc1)S(=O)(=O)c1ccccc1. The van der Waals surface area contributed by atoms with Gasteiger partial charge in [0, 0.05) is 18.1 Å². The molecule has 0 aromatic heterocycles. The van der Waals surface area contributed by atoms with Gasteiger partial charge < -0.3 is 15.0 Å². The van der Waals surface area contributed by atoms with Crippen LogP contribution >= 0.6 is 11.6 Å². The quantitative estimate of drug-likeness (QED) is 0.315. The van der Waals surface area contributed by atoms with Crippen molar-refractivity contribution in [2.45, 2.75) is 44.2 Å². The molecular formula is C29H34ClN3O5S. The van der Waals surface area contributed by atoms with Crippen LogP contribution in [0.25, 0.3) is 0 Å². The molecule has 0 heterocycles. The van der Waals surface area contributed by atoms with Crippen LogP contribution in [0.5, 0.6) is 5.75 Å². The number of carbonyl (C=O) groups is 2. The van der Waals surface area contributed by atoms with Crippen LogP contribution < -0.4 is 14.4 Å². The number of sulfonamides is 1. The summed E-state index contributed by atoms with van der Waals surface area (Å²) in [7, 11) is -2.62. The maximum absolute atomic E-state index is 14.0. The molecule has 8 nitrogen and oxygen atoms in total. The van der Waals surface area contributed by atoms with Gasteiger partial charge in [-0.3, -0.25) is 13.9 Å². The molecular weight excluding hydrogens is 538 g/mol. The molecule has 0 saturated carbocycles. The zero-order chi connectivity index (χ0) is 28.4. The number of nitrogens with one attached hydrogen (secondary N) is 1. The lowest BCUT2D eigenvalue weighted by Crippen LogP contribution is -2.52. The molecule has 39 heavy (non-hydrogen) atoms. The molecule has 10 heteroatoms. The number of amides is 2. The van der Waals surface area contributed by atoms with E-state index in [0.29, 0.717) is 29.3 Å². The van der Waals surface area contributed by atoms with Gasteiger partial charge in [-0.15, -0.1) is 0 Å². The van der Waals surface area contributed by atoms with Gasteiger partial charge in [0.1, 0.15) is 18.3 Å². The third-order valence-corrected chi connectivity index (χ3v) is 8.36. The Morgan fingerprint density at radius 1 is 0.949 bits per heavy atom. The molecule has 0 aliphatic rings. The number of halogens is 1. The molecule has 0 spiro atoms. The smallest absolute Gasteiger partial charge is 0.264 e. The highest BCUT2D eigenvalue weighted by Gasteiger charge is 2.33. The van der Waals surface area contributed by atoms with Crippen molar-refractivity contribution in [3.63, 3.8) is 0 Å². The van der Waals surface area contributed by atoms with E-state index < -0.39 is 28.5 Å². The van der Waals surface area contributed by atoms with Crippen molar-refractivity contribution in [1.82, 2.24) is 10.2 Å². The van der Waals surface area contributed by atoms with Gasteiger partial charge in [-0.05, 0) is 60.9 Å². The molecule has 0 bridgehead atoms. The summed E-state index contributed by atoms with van der Waals surface area (Å²) < 4.78 is 33.9. The van der Waals surface area contributed by atoms with Crippen molar-refractivity contribution in [3.8, 4) is 5.75 Å². The van der Waals surface area contributed by atoms with Crippen molar-refractivity contribution in [2.75, 3.05) is 24.5 Å². The maximum Gasteiger partial charge on any atom is 0.264 e. The highest BCUT2D eigenvalue weighted by molar-refractivity contribution is 7.92. The van der Waals surface area contributed by atoms with Crippen LogP contribution in [0.3, 0.4) is 0 Å². The van der Waals surface area contributed by atoms with Gasteiger partial charge >= 0.3 is 0 Å². The van der Waals surface area contributed by atoms with Gasteiger partial charge in [0.05, 0.1) is 17.7 Å². The Morgan fingerprint density at radius 3 is 2.18 bits per heavy atom. The first-order valence-corrected chi connectivity index (χ1v) is 14.6. The van der Waals surface area contributed by atoms with Gasteiger partial charge in [0.15, 0.2) is 0 Å². The summed E-state index contributed by atoms with van der Waals surface area (Å²) in [6.45, 7) is 3.73. The van der Waals surface area contributed by atoms with E-state index in [1.165, 1.54) is 24.1 Å². The average molecular weight is 572 g/mol. The Labute approximate surface area is 235 Å². The first kappa shape index (κ1) is 30.0. The lowest BCUT2D eigenvalue weighted by atomic mass is 10.1. The van der Waals surface area contributed by atoms with E-state index >= 15 is 0 Å². The van der Waals surface area contributed by atoms with Crippen molar-refractivity contribution in [2.24, 2.45) is 0 Å². The van der Waals surface area contributed by atoms with E-state index in [9.17, 15) is 18.0 Å². The second kappa shape index (κ2) is 14.0. The van der Waals surface area contributed by atoms with E-state index in [1.807, 2.05) is 13.8 Å². The highest BCUT2D eigenvalue weighted by atomic mass is 35.5. The highest BCUT2D eigenvalue weighted by Crippen LogP contribution is 2.27. The fraction of sp³-hybridized carbons (Fsp3) is 0.310. The second-order valence-corrected chi connectivity index (χ2v) is 11.1. The Morgan fingerprint density at radius 2 is 1.59 bits per heavy atom. The number of benzene rings is 3. The van der Waals surface area contributed by atoms with E-state index in [1.54, 1.807) is 66.7 Å². The zero-order valence-corrected chi connectivity index (χ0v) is 23.9. The monoisotopic (exact) mass is 571 g/mol. The third kappa shape index (κ3) is 7.52. The topological polar surface area (TPSA) is 96.0 Å². The summed E-state index contributed by atoms with van der Waals surface area (Å²) in [4.78, 5) is 28.6. The van der Waals surface area contributed by atoms with Gasteiger partial charge in [-0.1, -0.05) is 61.8 Å². The molecule has 0 aliphatic carbocycles. The molecule has 0 radical (unpaired) electrons. The fourth-order valence-electron chi connectivity index (χ4n) is 4.09. The van der Waals surface area contributed by atoms with Crippen molar-refractivity contribution >= 4 is 39.1 Å². The third-order valence-electron chi connectivity index (χ3n) is 6.20. The minimum Gasteiger partial charge on any atom is -0.497 e. The summed E-state index contributed by atoms with van der Waals surface area (Å²) in [5.41, 5.74) is 0.936. The Kier molecular flexibility index (Phi) is 10.8. The zero-order valence-electron chi connectivity index (χ0n) is 22.3. The standard InChI is InChI=1S/C29H34ClN3O5S/c1-4-19-31-29(35)27(5-2)32(20-22-11-9-10-14-26(22)30)28(34)21-33(23-15-17-24(38-3)18-16-23)39(36,37)25-12-7-6-8-13-25/h6-18,27H,4-5,19-21H2,1-3H3,(H,31,35)/t27-/m0/s1. The molecule has 0 aliphatic heterocycles. The van der Waals surface area contributed by atoms with Gasteiger partial charge in [0.25, 0.3) is 10.0 Å². The van der Waals surface area contributed by atoms with Gasteiger partial charge in [-0.25, -0.2) is 8.42 Å². The van der Waals surface area contributed by atoms with E-state index in [0.717, 1.165) is 10.7 Å². The number of hydrogen-bond acceptors (Lipinski definition) is 5. The first-order valence-electron chi connectivity index (χ1n) is 12.7. The van der Waals surface area contributed by atoms with Crippen LogP contribution in [0.2, 0.25) is 5.02 Å². The van der Waals surface area contributed by atoms with Gasteiger partial charge in [-0.2, -0.15) is 0 Å². The molecule has 1 N–H and O–H groups in total. The van der Waals surface area contributed by atoms with Crippen molar-refractivity contribution in [3.05, 3.63) is 89.4 Å². The Hall–Kier alpha value is -3.56. The van der Waals surface area contributed by atoms with Crippen LogP contribution in [-0.2, 0) is 26.2 Å². The largest absolute Gasteiger partial charge is 0.497 e. The van der Waals surface area contributed by atoms with Crippen LogP contribution in [-0.4, -0.2) is 51.4 Å². The predicted molar refractivity (Wildman–Crippen MR) is 153 cm³/mol. The molecule has 3 aromatic rings. The Balaban J connectivity index is 2.05. The molecule has 0 fully saturated rings. The number of rotatable bonds is 13. The summed E-state index contributed by atoms with van der Waals surface area (Å²) in [6.07, 6.45) is 1.07. The summed E-state index contributed by atoms with van der Waals surface area (Å²) in [5, 5.41) is 3.31. The van der Waals surface area contributed by atoms with Gasteiger partial charge in [0.2, 0.25) is 11.8 Å². The summed E-state index contributed by atoms with van der Waals surface area (Å²) in [5.74, 6) is -0.300. The lowest BCUT2D eigenvalue weighted by Gasteiger charge is -2.33. The molecule has 208 valence electrons. The number of anilines is 1. The minimum absolute atomic E-state index is 0.0401. The average Bonchev–Trinajstić information content (AvgIpc) is 2.96. The van der Waals surface area contributed by atoms with Crippen LogP contribution in [0.4, 0.5) is 5.69 Å². The maximum atomic E-state index is 14.0. The molecule has 2 amide bonds. The molecule has 3 aromatic carbocycles. The normalized spacial score (nSPS) is 11.9. The van der Waals surface area contributed by atoms with E-state index in [2.05, 4.69) is 5.32 Å². The second-order valence-electron chi connectivity index (χ2n) is 8.85. The number of ether oxygens (including phenoxy) is 1. The number of nitrogens with zero attached hydrogens (tertiary/aromatic N) is 2. The molecule has 0 unspecified atom stereocenters.